The minimum Gasteiger partial charge on any atom is -1.00 e. The predicted octanol–water partition coefficient (Wildman–Crippen LogP) is -2.52. The van der Waals surface area contributed by atoms with Gasteiger partial charge in [-0.25, -0.2) is 9.97 Å². The fourth-order valence-corrected chi connectivity index (χ4v) is 1.18. The molecule has 2 rings (SSSR count). The summed E-state index contributed by atoms with van der Waals surface area (Å²) in [5, 5.41) is 10.4. The van der Waals surface area contributed by atoms with E-state index in [4.69, 9.17) is 5.73 Å². The minimum absolute atomic E-state index is 0. The SMILES string of the molecule is Nc1[nH]c2cc([N+](=O)[O-])ccc2[nH+]1.[Cl-]. The summed E-state index contributed by atoms with van der Waals surface area (Å²) in [4.78, 5) is 15.5. The second-order valence-corrected chi connectivity index (χ2v) is 2.65. The van der Waals surface area contributed by atoms with E-state index in [9.17, 15) is 10.1 Å². The molecular weight excluding hydrogens is 208 g/mol. The van der Waals surface area contributed by atoms with Crippen LogP contribution in [-0.2, 0) is 0 Å². The third-order valence-electron chi connectivity index (χ3n) is 1.75. The molecule has 4 N–H and O–H groups in total. The Morgan fingerprint density at radius 2 is 2.21 bits per heavy atom. The van der Waals surface area contributed by atoms with Crippen molar-refractivity contribution in [3.63, 3.8) is 0 Å². The number of benzene rings is 1. The summed E-state index contributed by atoms with van der Waals surface area (Å²) in [6, 6.07) is 4.47. The predicted molar refractivity (Wildman–Crippen MR) is 45.9 cm³/mol. The van der Waals surface area contributed by atoms with Crippen molar-refractivity contribution in [2.75, 3.05) is 5.73 Å². The largest absolute Gasteiger partial charge is 1.00 e. The van der Waals surface area contributed by atoms with Crippen LogP contribution in [0.25, 0.3) is 11.0 Å². The first-order valence-corrected chi connectivity index (χ1v) is 3.62. The van der Waals surface area contributed by atoms with Gasteiger partial charge in [0.15, 0.2) is 0 Å². The monoisotopic (exact) mass is 214 g/mol. The Kier molecular flexibility index (Phi) is 2.57. The van der Waals surface area contributed by atoms with E-state index in [2.05, 4.69) is 9.97 Å². The number of rotatable bonds is 1. The van der Waals surface area contributed by atoms with Gasteiger partial charge in [-0.15, -0.1) is 0 Å². The number of nitrogen functional groups attached to an aromatic ring is 1. The van der Waals surface area contributed by atoms with Gasteiger partial charge < -0.3 is 12.4 Å². The molecule has 0 atom stereocenters. The van der Waals surface area contributed by atoms with Gasteiger partial charge in [-0.05, 0) is 6.07 Å². The maximum absolute atomic E-state index is 10.4. The number of hydrogen-bond donors (Lipinski definition) is 2. The molecule has 1 heterocycles. The molecule has 0 unspecified atom stereocenters. The zero-order chi connectivity index (χ0) is 9.42. The van der Waals surface area contributed by atoms with E-state index in [1.165, 1.54) is 12.1 Å². The first kappa shape index (κ1) is 10.3. The van der Waals surface area contributed by atoms with Crippen LogP contribution in [0.15, 0.2) is 18.2 Å². The van der Waals surface area contributed by atoms with Gasteiger partial charge >= 0.3 is 5.95 Å². The lowest BCUT2D eigenvalue weighted by atomic mass is 10.3. The van der Waals surface area contributed by atoms with Crippen molar-refractivity contribution in [2.24, 2.45) is 0 Å². The maximum atomic E-state index is 10.4. The van der Waals surface area contributed by atoms with Crippen molar-refractivity contribution in [1.29, 1.82) is 0 Å². The highest BCUT2D eigenvalue weighted by Gasteiger charge is 2.10. The Labute approximate surface area is 84.7 Å². The van der Waals surface area contributed by atoms with Gasteiger partial charge in [0.05, 0.1) is 11.0 Å². The first-order chi connectivity index (χ1) is 6.16. The van der Waals surface area contributed by atoms with Crippen LogP contribution in [0.2, 0.25) is 0 Å². The zero-order valence-electron chi connectivity index (χ0n) is 6.95. The molecule has 0 fully saturated rings. The van der Waals surface area contributed by atoms with Crippen molar-refractivity contribution >= 4 is 22.7 Å². The summed E-state index contributed by atoms with van der Waals surface area (Å²) >= 11 is 0. The lowest BCUT2D eigenvalue weighted by molar-refractivity contribution is -0.384. The van der Waals surface area contributed by atoms with Gasteiger partial charge in [-0.3, -0.25) is 15.8 Å². The molecule has 7 heteroatoms. The maximum Gasteiger partial charge on any atom is 0.351 e. The van der Waals surface area contributed by atoms with Gasteiger partial charge in [0.2, 0.25) is 0 Å². The molecule has 0 bridgehead atoms. The number of aromatic amines is 2. The van der Waals surface area contributed by atoms with Gasteiger partial charge in [-0.1, -0.05) is 0 Å². The Hall–Kier alpha value is -1.82. The third-order valence-corrected chi connectivity index (χ3v) is 1.75. The van der Waals surface area contributed by atoms with E-state index in [1.807, 2.05) is 0 Å². The Balaban J connectivity index is 0.000000980. The van der Waals surface area contributed by atoms with Crippen molar-refractivity contribution < 1.29 is 22.3 Å². The van der Waals surface area contributed by atoms with Crippen LogP contribution in [0, 0.1) is 10.1 Å². The Morgan fingerprint density at radius 3 is 2.86 bits per heavy atom. The number of nitrogens with one attached hydrogen (secondary N) is 2. The minimum atomic E-state index is -0.448. The van der Waals surface area contributed by atoms with Crippen LogP contribution in [-0.4, -0.2) is 9.91 Å². The number of nitro groups is 1. The van der Waals surface area contributed by atoms with Crippen molar-refractivity contribution in [3.05, 3.63) is 28.3 Å². The molecule has 0 saturated heterocycles. The van der Waals surface area contributed by atoms with Crippen molar-refractivity contribution in [1.82, 2.24) is 4.98 Å². The molecule has 14 heavy (non-hydrogen) atoms. The average molecular weight is 215 g/mol. The highest BCUT2D eigenvalue weighted by Crippen LogP contribution is 2.16. The number of nitrogens with zero attached hydrogens (tertiary/aromatic N) is 1. The molecule has 0 radical (unpaired) electrons. The number of halogens is 1. The molecule has 0 aliphatic heterocycles. The zero-order valence-corrected chi connectivity index (χ0v) is 7.71. The average Bonchev–Trinajstić information content (AvgIpc) is 2.42. The molecule has 0 aliphatic rings. The van der Waals surface area contributed by atoms with E-state index in [0.717, 1.165) is 5.52 Å². The highest BCUT2D eigenvalue weighted by molar-refractivity contribution is 5.75. The normalized spacial score (nSPS) is 9.71. The quantitative estimate of drug-likeness (QED) is 0.405. The number of non-ortho nitro benzene ring substituents is 1. The summed E-state index contributed by atoms with van der Waals surface area (Å²) in [5.41, 5.74) is 6.86. The molecule has 2 aromatic rings. The van der Waals surface area contributed by atoms with Gasteiger partial charge in [0.1, 0.15) is 11.0 Å². The number of nitrogens with two attached hydrogens (primary N) is 1. The standard InChI is InChI=1S/C7H6N4O2.ClH/c8-7-9-5-2-1-4(11(12)13)3-6(5)10-7;/h1-3H,(H3,8,9,10);1H. The third kappa shape index (κ3) is 1.60. The molecule has 0 spiro atoms. The molecule has 1 aromatic heterocycles. The number of aromatic nitrogens is 2. The van der Waals surface area contributed by atoms with Crippen LogP contribution >= 0.6 is 0 Å². The fraction of sp³-hybridized carbons (Fsp3) is 0. The van der Waals surface area contributed by atoms with Crippen LogP contribution < -0.4 is 23.1 Å². The van der Waals surface area contributed by atoms with Gasteiger partial charge in [-0.2, -0.15) is 0 Å². The fourth-order valence-electron chi connectivity index (χ4n) is 1.18. The first-order valence-electron chi connectivity index (χ1n) is 3.62. The van der Waals surface area contributed by atoms with Gasteiger partial charge in [0, 0.05) is 6.07 Å². The van der Waals surface area contributed by atoms with E-state index in [-0.39, 0.29) is 18.1 Å². The topological polar surface area (TPSA) is 99.1 Å². The molecule has 1 aromatic carbocycles. The highest BCUT2D eigenvalue weighted by atomic mass is 35.5. The molecule has 0 aliphatic carbocycles. The van der Waals surface area contributed by atoms with Crippen LogP contribution in [0.3, 0.4) is 0 Å². The number of fused-ring (bicyclic) bond motifs is 1. The molecular formula is C7H7ClN4O2. The second kappa shape index (κ2) is 3.51. The number of anilines is 1. The van der Waals surface area contributed by atoms with E-state index in [1.54, 1.807) is 6.07 Å². The van der Waals surface area contributed by atoms with Crippen LogP contribution in [0.4, 0.5) is 11.6 Å². The Morgan fingerprint density at radius 1 is 1.50 bits per heavy atom. The number of imidazole rings is 1. The van der Waals surface area contributed by atoms with Crippen molar-refractivity contribution in [2.45, 2.75) is 0 Å². The summed E-state index contributed by atoms with van der Waals surface area (Å²) in [5.74, 6) is 0.385. The van der Waals surface area contributed by atoms with Crippen LogP contribution in [0.1, 0.15) is 0 Å². The number of hydrogen-bond acceptors (Lipinski definition) is 3. The molecule has 0 amide bonds. The summed E-state index contributed by atoms with van der Waals surface area (Å²) in [6.07, 6.45) is 0. The van der Waals surface area contributed by atoms with E-state index < -0.39 is 4.92 Å². The second-order valence-electron chi connectivity index (χ2n) is 2.65. The summed E-state index contributed by atoms with van der Waals surface area (Å²) < 4.78 is 0. The Bertz CT molecular complexity index is 481. The molecule has 74 valence electrons. The summed E-state index contributed by atoms with van der Waals surface area (Å²) in [7, 11) is 0. The number of H-pyrrole nitrogens is 2. The van der Waals surface area contributed by atoms with E-state index in [0.29, 0.717) is 11.5 Å². The van der Waals surface area contributed by atoms with Gasteiger partial charge in [0.25, 0.3) is 5.69 Å². The lowest BCUT2D eigenvalue weighted by Gasteiger charge is -1.87. The number of nitro benzene ring substituents is 1. The smallest absolute Gasteiger partial charge is 0.351 e. The van der Waals surface area contributed by atoms with E-state index >= 15 is 0 Å². The molecule has 0 saturated carbocycles. The summed E-state index contributed by atoms with van der Waals surface area (Å²) in [6.45, 7) is 0. The molecule has 6 nitrogen and oxygen atoms in total. The lowest BCUT2D eigenvalue weighted by Crippen LogP contribution is -3.00. The van der Waals surface area contributed by atoms with Crippen molar-refractivity contribution in [3.8, 4) is 0 Å². The van der Waals surface area contributed by atoms with Crippen LogP contribution in [0.5, 0.6) is 0 Å².